The number of nitrogens with one attached hydrogen (secondary N) is 1. The predicted octanol–water partition coefficient (Wildman–Crippen LogP) is 4.84. The van der Waals surface area contributed by atoms with E-state index in [1.54, 1.807) is 91.0 Å². The van der Waals surface area contributed by atoms with Crippen molar-refractivity contribution in [2.24, 2.45) is 0 Å². The average Bonchev–Trinajstić information content (AvgIpc) is 3.31. The van der Waals surface area contributed by atoms with Gasteiger partial charge in [-0.1, -0.05) is 91.0 Å². The molecule has 210 valence electrons. The molecule has 4 rings (SSSR count). The van der Waals surface area contributed by atoms with Crippen molar-refractivity contribution in [3.8, 4) is 0 Å². The van der Waals surface area contributed by atoms with Gasteiger partial charge in [0.15, 0.2) is 0 Å². The first-order chi connectivity index (χ1) is 19.2. The van der Waals surface area contributed by atoms with Crippen molar-refractivity contribution in [1.29, 1.82) is 0 Å². The van der Waals surface area contributed by atoms with Crippen molar-refractivity contribution in [1.82, 2.24) is 10.2 Å². The molecule has 10 heteroatoms. The van der Waals surface area contributed by atoms with Crippen molar-refractivity contribution >= 4 is 18.0 Å². The lowest BCUT2D eigenvalue weighted by Gasteiger charge is -2.28. The molecule has 0 saturated carbocycles. The third kappa shape index (κ3) is 7.92. The van der Waals surface area contributed by atoms with Gasteiger partial charge in [0.25, 0.3) is 0 Å². The van der Waals surface area contributed by atoms with Crippen LogP contribution < -0.4 is 5.32 Å². The minimum absolute atomic E-state index is 0.0996. The van der Waals surface area contributed by atoms with Gasteiger partial charge in [-0.15, -0.1) is 0 Å². The van der Waals surface area contributed by atoms with Gasteiger partial charge in [0.1, 0.15) is 25.3 Å². The monoisotopic (exact) mass is 554 g/mol. The summed E-state index contributed by atoms with van der Waals surface area (Å²) in [6.45, 7) is -0.241. The number of esters is 1. The van der Waals surface area contributed by atoms with E-state index in [4.69, 9.17) is 9.47 Å². The molecule has 2 amide bonds. The van der Waals surface area contributed by atoms with Crippen LogP contribution in [0.5, 0.6) is 0 Å². The maximum atomic E-state index is 14.2. The number of carbonyl (C=O) groups is 3. The van der Waals surface area contributed by atoms with Gasteiger partial charge >= 0.3 is 18.2 Å². The molecule has 7 nitrogen and oxygen atoms in total. The Labute approximate surface area is 229 Å². The highest BCUT2D eigenvalue weighted by atomic mass is 19.4. The van der Waals surface area contributed by atoms with Crippen molar-refractivity contribution < 1.29 is 37.0 Å². The van der Waals surface area contributed by atoms with Gasteiger partial charge in [-0.3, -0.25) is 14.9 Å². The van der Waals surface area contributed by atoms with Crippen LogP contribution in [0, 0.1) is 0 Å². The molecule has 1 heterocycles. The molecule has 0 unspecified atom stereocenters. The zero-order valence-corrected chi connectivity index (χ0v) is 21.6. The molecule has 3 aromatic rings. The third-order valence-corrected chi connectivity index (χ3v) is 6.51. The van der Waals surface area contributed by atoms with Gasteiger partial charge in [-0.05, 0) is 29.5 Å². The summed E-state index contributed by atoms with van der Waals surface area (Å²) in [5.41, 5.74) is 2.09. The van der Waals surface area contributed by atoms with Gasteiger partial charge in [-0.2, -0.15) is 13.2 Å². The molecular weight excluding hydrogens is 525 g/mol. The number of hydrogen-bond acceptors (Lipinski definition) is 6. The molecule has 3 aromatic carbocycles. The van der Waals surface area contributed by atoms with Crippen LogP contribution >= 0.6 is 0 Å². The Morgan fingerprint density at radius 2 is 1.45 bits per heavy atom. The van der Waals surface area contributed by atoms with E-state index in [1.807, 2.05) is 0 Å². The van der Waals surface area contributed by atoms with Crippen LogP contribution in [0.3, 0.4) is 0 Å². The van der Waals surface area contributed by atoms with Crippen LogP contribution in [0.4, 0.5) is 18.0 Å². The van der Waals surface area contributed by atoms with E-state index >= 15 is 0 Å². The van der Waals surface area contributed by atoms with Crippen molar-refractivity contribution in [2.45, 2.75) is 50.2 Å². The SMILES string of the molecule is O=C(OCc1ccccc1)[C@H](Cc1ccccc1)N[C@@H](CC(=O)N1C(=O)OC[C@@H]1Cc1ccccc1)C(F)(F)F. The fraction of sp³-hybridized carbons (Fsp3) is 0.300. The predicted molar refractivity (Wildman–Crippen MR) is 140 cm³/mol. The van der Waals surface area contributed by atoms with Gasteiger partial charge in [0.05, 0.1) is 12.5 Å². The summed E-state index contributed by atoms with van der Waals surface area (Å²) in [5, 5.41) is 2.31. The number of halogens is 3. The fourth-order valence-corrected chi connectivity index (χ4v) is 4.48. The molecule has 1 N–H and O–H groups in total. The molecule has 40 heavy (non-hydrogen) atoms. The van der Waals surface area contributed by atoms with E-state index < -0.39 is 48.7 Å². The minimum Gasteiger partial charge on any atom is -0.460 e. The lowest BCUT2D eigenvalue weighted by atomic mass is 10.0. The Kier molecular flexibility index (Phi) is 9.55. The maximum Gasteiger partial charge on any atom is 0.416 e. The molecular formula is C30H29F3N2O5. The summed E-state index contributed by atoms with van der Waals surface area (Å²) in [6.07, 6.45) is -6.85. The molecule has 3 atom stereocenters. The molecule has 0 radical (unpaired) electrons. The number of benzene rings is 3. The molecule has 0 bridgehead atoms. The first kappa shape index (κ1) is 28.8. The highest BCUT2D eigenvalue weighted by molar-refractivity contribution is 5.94. The summed E-state index contributed by atoms with van der Waals surface area (Å²) in [6, 6.07) is 21.7. The minimum atomic E-state index is -4.90. The zero-order chi connectivity index (χ0) is 28.5. The standard InChI is InChI=1S/C30H29F3N2O5/c31-30(32,33)26(18-27(36)35-24(20-40-29(35)38)16-21-10-4-1-5-11-21)34-25(17-22-12-6-2-7-13-22)28(37)39-19-23-14-8-3-9-15-23/h1-15,24-26,34H,16-20H2/t24-,25-,26-/m0/s1. The number of alkyl halides is 3. The van der Waals surface area contributed by atoms with Crippen molar-refractivity contribution in [3.05, 3.63) is 108 Å². The smallest absolute Gasteiger partial charge is 0.416 e. The van der Waals surface area contributed by atoms with E-state index in [2.05, 4.69) is 5.32 Å². The van der Waals surface area contributed by atoms with Gasteiger partial charge in [0, 0.05) is 0 Å². The second kappa shape index (κ2) is 13.3. The summed E-state index contributed by atoms with van der Waals surface area (Å²) in [4.78, 5) is 39.2. The van der Waals surface area contributed by atoms with Crippen LogP contribution in [-0.2, 0) is 38.5 Å². The second-order valence-corrected chi connectivity index (χ2v) is 9.48. The second-order valence-electron chi connectivity index (χ2n) is 9.48. The van der Waals surface area contributed by atoms with Gasteiger partial charge < -0.3 is 9.47 Å². The average molecular weight is 555 g/mol. The van der Waals surface area contributed by atoms with E-state index in [1.165, 1.54) is 0 Å². The first-order valence-electron chi connectivity index (χ1n) is 12.8. The Balaban J connectivity index is 1.50. The van der Waals surface area contributed by atoms with Crippen LogP contribution in [0.25, 0.3) is 0 Å². The number of nitrogens with zero attached hydrogens (tertiary/aromatic N) is 1. The molecule has 1 aliphatic rings. The number of ether oxygens (including phenoxy) is 2. The largest absolute Gasteiger partial charge is 0.460 e. The number of hydrogen-bond donors (Lipinski definition) is 1. The molecule has 0 aromatic heterocycles. The Morgan fingerprint density at radius 1 is 0.900 bits per heavy atom. The van der Waals surface area contributed by atoms with Crippen molar-refractivity contribution in [3.63, 3.8) is 0 Å². The molecule has 1 aliphatic heterocycles. The summed E-state index contributed by atoms with van der Waals surface area (Å²) in [7, 11) is 0. The lowest BCUT2D eigenvalue weighted by molar-refractivity contribution is -0.169. The van der Waals surface area contributed by atoms with Crippen LogP contribution in [0.15, 0.2) is 91.0 Å². The Hall–Kier alpha value is -4.18. The highest BCUT2D eigenvalue weighted by Gasteiger charge is 2.46. The molecule has 0 aliphatic carbocycles. The molecule has 1 fully saturated rings. The van der Waals surface area contributed by atoms with E-state index in [0.717, 1.165) is 10.5 Å². The normalized spacial score (nSPS) is 16.7. The molecule has 0 spiro atoms. The third-order valence-electron chi connectivity index (χ3n) is 6.51. The fourth-order valence-electron chi connectivity index (χ4n) is 4.48. The molecule has 1 saturated heterocycles. The number of carbonyl (C=O) groups excluding carboxylic acids is 3. The topological polar surface area (TPSA) is 84.9 Å². The van der Waals surface area contributed by atoms with Crippen LogP contribution in [0.2, 0.25) is 0 Å². The first-order valence-corrected chi connectivity index (χ1v) is 12.8. The van der Waals surface area contributed by atoms with Crippen LogP contribution in [-0.4, -0.2) is 53.8 Å². The number of imide groups is 1. The number of amides is 2. The van der Waals surface area contributed by atoms with Crippen molar-refractivity contribution in [2.75, 3.05) is 6.61 Å². The summed E-state index contributed by atoms with van der Waals surface area (Å²) < 4.78 is 53.0. The van der Waals surface area contributed by atoms with E-state index in [0.29, 0.717) is 11.1 Å². The number of rotatable bonds is 11. The number of cyclic esters (lactones) is 1. The summed E-state index contributed by atoms with van der Waals surface area (Å²) in [5.74, 6) is -1.94. The van der Waals surface area contributed by atoms with Crippen LogP contribution in [0.1, 0.15) is 23.1 Å². The van der Waals surface area contributed by atoms with E-state index in [9.17, 15) is 27.6 Å². The quantitative estimate of drug-likeness (QED) is 0.342. The lowest BCUT2D eigenvalue weighted by Crippen LogP contribution is -2.54. The Bertz CT molecular complexity index is 1270. The van der Waals surface area contributed by atoms with Gasteiger partial charge in [0.2, 0.25) is 5.91 Å². The van der Waals surface area contributed by atoms with Gasteiger partial charge in [-0.25, -0.2) is 9.69 Å². The zero-order valence-electron chi connectivity index (χ0n) is 21.6. The van der Waals surface area contributed by atoms with E-state index in [-0.39, 0.29) is 26.1 Å². The summed E-state index contributed by atoms with van der Waals surface area (Å²) >= 11 is 0. The Morgan fingerprint density at radius 3 is 2.02 bits per heavy atom. The maximum absolute atomic E-state index is 14.2. The highest BCUT2D eigenvalue weighted by Crippen LogP contribution is 2.26.